The molecule has 0 unspecified atom stereocenters. The summed E-state index contributed by atoms with van der Waals surface area (Å²) < 4.78 is 16.9. The highest BCUT2D eigenvalue weighted by Crippen LogP contribution is 2.17. The van der Waals surface area contributed by atoms with Crippen LogP contribution in [0.1, 0.15) is 316 Å². The van der Waals surface area contributed by atoms with Crippen molar-refractivity contribution < 1.29 is 28.6 Å². The van der Waals surface area contributed by atoms with Crippen LogP contribution in [-0.2, 0) is 28.6 Å². The van der Waals surface area contributed by atoms with Crippen LogP contribution in [0.4, 0.5) is 0 Å². The lowest BCUT2D eigenvalue weighted by Crippen LogP contribution is -2.30. The highest BCUT2D eigenvalue weighted by atomic mass is 16.6. The van der Waals surface area contributed by atoms with E-state index >= 15 is 0 Å². The van der Waals surface area contributed by atoms with E-state index in [0.29, 0.717) is 19.3 Å². The molecule has 0 aromatic carbocycles. The van der Waals surface area contributed by atoms with Crippen molar-refractivity contribution in [1.29, 1.82) is 0 Å². The second-order valence-corrected chi connectivity index (χ2v) is 21.3. The zero-order valence-corrected chi connectivity index (χ0v) is 49.6. The molecule has 0 saturated carbocycles. The second-order valence-electron chi connectivity index (χ2n) is 21.3. The molecule has 75 heavy (non-hydrogen) atoms. The van der Waals surface area contributed by atoms with E-state index in [-0.39, 0.29) is 37.5 Å². The second kappa shape index (κ2) is 63.1. The number of carbonyl (C=O) groups is 3. The van der Waals surface area contributed by atoms with Crippen molar-refractivity contribution in [1.82, 2.24) is 0 Å². The molecule has 1 atom stereocenters. The molecular formula is C69H120O6. The molecule has 0 radical (unpaired) electrons. The Hall–Kier alpha value is -3.41. The van der Waals surface area contributed by atoms with Crippen LogP contribution in [-0.4, -0.2) is 37.2 Å². The number of unbranched alkanes of at least 4 members (excludes halogenated alkanes) is 33. The molecule has 0 rings (SSSR count). The van der Waals surface area contributed by atoms with Gasteiger partial charge in [0.15, 0.2) is 6.10 Å². The predicted octanol–water partition coefficient (Wildman–Crippen LogP) is 21.9. The Balaban J connectivity index is 4.45. The van der Waals surface area contributed by atoms with Gasteiger partial charge >= 0.3 is 17.9 Å². The van der Waals surface area contributed by atoms with Gasteiger partial charge in [0.25, 0.3) is 0 Å². The number of ether oxygens (including phenoxy) is 3. The van der Waals surface area contributed by atoms with Crippen molar-refractivity contribution in [3.05, 3.63) is 85.1 Å². The zero-order chi connectivity index (χ0) is 54.3. The van der Waals surface area contributed by atoms with Crippen LogP contribution in [0.3, 0.4) is 0 Å². The molecule has 0 aromatic heterocycles. The molecule has 0 spiro atoms. The van der Waals surface area contributed by atoms with Crippen molar-refractivity contribution in [2.45, 2.75) is 322 Å². The first-order valence-corrected chi connectivity index (χ1v) is 32.1. The van der Waals surface area contributed by atoms with Gasteiger partial charge in [-0.1, -0.05) is 298 Å². The molecule has 0 saturated heterocycles. The van der Waals surface area contributed by atoms with Gasteiger partial charge in [-0.15, -0.1) is 0 Å². The molecular weight excluding hydrogens is 925 g/mol. The van der Waals surface area contributed by atoms with Gasteiger partial charge in [0, 0.05) is 19.3 Å². The minimum Gasteiger partial charge on any atom is -0.462 e. The molecule has 6 nitrogen and oxygen atoms in total. The Morgan fingerprint density at radius 3 is 0.867 bits per heavy atom. The largest absolute Gasteiger partial charge is 0.462 e. The first-order valence-electron chi connectivity index (χ1n) is 32.1. The quantitative estimate of drug-likeness (QED) is 0.0261. The monoisotopic (exact) mass is 1040 g/mol. The predicted molar refractivity (Wildman–Crippen MR) is 325 cm³/mol. The van der Waals surface area contributed by atoms with E-state index in [1.807, 2.05) is 6.08 Å². The summed E-state index contributed by atoms with van der Waals surface area (Å²) in [6, 6.07) is 0. The molecule has 0 aliphatic rings. The van der Waals surface area contributed by atoms with E-state index in [9.17, 15) is 14.4 Å². The number of esters is 3. The molecule has 0 bridgehead atoms. The Bertz CT molecular complexity index is 1430. The summed E-state index contributed by atoms with van der Waals surface area (Å²) >= 11 is 0. The standard InChI is InChI=1S/C69H120O6/c1-4-7-10-13-16-19-22-25-28-31-33-34-36-38-41-44-47-50-53-56-59-62-68(71)74-65-66(64-73-67(70)61-58-55-52-49-46-43-40-37-30-27-24-21-18-15-12-9-6-3)75-69(72)63-60-57-54-51-48-45-42-39-35-32-29-26-23-20-17-14-11-8-5-2/h8,11,17,20,26-27,29-30,35,39,45,48,54,57,66H,4-7,9-10,12-16,18-19,21-25,28,31-34,36-38,40-44,46-47,49-53,55-56,58-65H2,1-3H3/b11-8-,20-17-,29-26-,30-27-,39-35-,48-45-,57-54-/t66-/m1/s1. The van der Waals surface area contributed by atoms with Crippen LogP contribution in [0.5, 0.6) is 0 Å². The maximum absolute atomic E-state index is 12.9. The fraction of sp³-hybridized carbons (Fsp3) is 0.754. The maximum Gasteiger partial charge on any atom is 0.306 e. The van der Waals surface area contributed by atoms with Crippen LogP contribution in [0, 0.1) is 0 Å². The van der Waals surface area contributed by atoms with Gasteiger partial charge in [-0.05, 0) is 83.5 Å². The van der Waals surface area contributed by atoms with Gasteiger partial charge in [0.2, 0.25) is 0 Å². The highest BCUT2D eigenvalue weighted by molar-refractivity contribution is 5.71. The molecule has 432 valence electrons. The lowest BCUT2D eigenvalue weighted by Gasteiger charge is -2.18. The van der Waals surface area contributed by atoms with Gasteiger partial charge < -0.3 is 14.2 Å². The van der Waals surface area contributed by atoms with E-state index in [1.54, 1.807) is 0 Å². The van der Waals surface area contributed by atoms with Crippen LogP contribution in [0.2, 0.25) is 0 Å². The van der Waals surface area contributed by atoms with Crippen molar-refractivity contribution >= 4 is 17.9 Å². The Kier molecular flexibility index (Phi) is 60.3. The first kappa shape index (κ1) is 71.6. The normalized spacial score (nSPS) is 12.6. The van der Waals surface area contributed by atoms with Crippen molar-refractivity contribution in [2.24, 2.45) is 0 Å². The minimum absolute atomic E-state index is 0.105. The number of allylic oxidation sites excluding steroid dienone is 14. The topological polar surface area (TPSA) is 78.9 Å². The summed E-state index contributed by atoms with van der Waals surface area (Å²) in [6.45, 7) is 6.50. The first-order chi connectivity index (χ1) is 37.0. The van der Waals surface area contributed by atoms with Gasteiger partial charge in [-0.2, -0.15) is 0 Å². The molecule has 0 aromatic rings. The van der Waals surface area contributed by atoms with Crippen LogP contribution in [0.25, 0.3) is 0 Å². The number of hydrogen-bond acceptors (Lipinski definition) is 6. The van der Waals surface area contributed by atoms with E-state index in [1.165, 1.54) is 193 Å². The molecule has 6 heteroatoms. The number of hydrogen-bond donors (Lipinski definition) is 0. The summed E-state index contributed by atoms with van der Waals surface area (Å²) in [5, 5.41) is 0. The van der Waals surface area contributed by atoms with Gasteiger partial charge in [0.1, 0.15) is 13.2 Å². The third-order valence-corrected chi connectivity index (χ3v) is 13.9. The molecule has 0 fully saturated rings. The fourth-order valence-corrected chi connectivity index (χ4v) is 9.11. The van der Waals surface area contributed by atoms with Gasteiger partial charge in [-0.25, -0.2) is 0 Å². The summed E-state index contributed by atoms with van der Waals surface area (Å²) in [4.78, 5) is 38.3. The van der Waals surface area contributed by atoms with E-state index in [4.69, 9.17) is 14.2 Å². The highest BCUT2D eigenvalue weighted by Gasteiger charge is 2.19. The lowest BCUT2D eigenvalue weighted by atomic mass is 10.0. The van der Waals surface area contributed by atoms with Gasteiger partial charge in [-0.3, -0.25) is 14.4 Å². The smallest absolute Gasteiger partial charge is 0.306 e. The van der Waals surface area contributed by atoms with E-state index in [0.717, 1.165) is 77.0 Å². The number of rotatable bonds is 58. The summed E-state index contributed by atoms with van der Waals surface area (Å²) in [6.07, 6.45) is 83.2. The summed E-state index contributed by atoms with van der Waals surface area (Å²) in [7, 11) is 0. The van der Waals surface area contributed by atoms with Crippen LogP contribution >= 0.6 is 0 Å². The molecule has 0 aliphatic heterocycles. The molecule has 0 amide bonds. The molecule has 0 heterocycles. The zero-order valence-electron chi connectivity index (χ0n) is 49.6. The summed E-state index contributed by atoms with van der Waals surface area (Å²) in [5.41, 5.74) is 0. The Morgan fingerprint density at radius 2 is 0.547 bits per heavy atom. The third kappa shape index (κ3) is 61.3. The molecule has 0 N–H and O–H groups in total. The minimum atomic E-state index is -0.819. The summed E-state index contributed by atoms with van der Waals surface area (Å²) in [5.74, 6) is -0.981. The fourth-order valence-electron chi connectivity index (χ4n) is 9.11. The number of carbonyl (C=O) groups excluding carboxylic acids is 3. The van der Waals surface area contributed by atoms with Crippen LogP contribution in [0.15, 0.2) is 85.1 Å². The van der Waals surface area contributed by atoms with Gasteiger partial charge in [0.05, 0.1) is 0 Å². The van der Waals surface area contributed by atoms with Crippen molar-refractivity contribution in [2.75, 3.05) is 13.2 Å². The Morgan fingerprint density at radius 1 is 0.280 bits per heavy atom. The average molecular weight is 1050 g/mol. The van der Waals surface area contributed by atoms with E-state index in [2.05, 4.69) is 99.8 Å². The lowest BCUT2D eigenvalue weighted by molar-refractivity contribution is -0.166. The third-order valence-electron chi connectivity index (χ3n) is 13.9. The van der Waals surface area contributed by atoms with E-state index < -0.39 is 6.10 Å². The Labute approximate surface area is 465 Å². The SMILES string of the molecule is CC/C=C\C/C=C\C/C=C\C/C=C\C/C=C\C/C=C\CCC(=O)O[C@H](COC(=O)CCCCCCCCC/C=C\CCCCCCCC)COC(=O)CCCCCCCCCCCCCCCCCCCCCCC. The molecule has 0 aliphatic carbocycles. The van der Waals surface area contributed by atoms with Crippen molar-refractivity contribution in [3.63, 3.8) is 0 Å². The average Bonchev–Trinajstić information content (AvgIpc) is 3.41. The van der Waals surface area contributed by atoms with Crippen molar-refractivity contribution in [3.8, 4) is 0 Å². The maximum atomic E-state index is 12.9. The van der Waals surface area contributed by atoms with Crippen LogP contribution < -0.4 is 0 Å².